The van der Waals surface area contributed by atoms with Crippen molar-refractivity contribution < 1.29 is 32.3 Å². The van der Waals surface area contributed by atoms with Gasteiger partial charge in [0.15, 0.2) is 0 Å². The molecule has 104 valence electrons. The Labute approximate surface area is 105 Å². The smallest absolute Gasteiger partial charge is 0.417 e. The molecule has 0 heterocycles. The van der Waals surface area contributed by atoms with Crippen molar-refractivity contribution in [3.63, 3.8) is 0 Å². The molecule has 1 aromatic carbocycles. The zero-order valence-electron chi connectivity index (χ0n) is 9.58. The van der Waals surface area contributed by atoms with Gasteiger partial charge < -0.3 is 10.4 Å². The fourth-order valence-corrected chi connectivity index (χ4v) is 1.29. The first kappa shape index (κ1) is 14.9. The fourth-order valence-electron chi connectivity index (χ4n) is 1.29. The molecule has 1 unspecified atom stereocenters. The average molecular weight is 279 g/mol. The molecule has 1 aromatic rings. The fraction of sp³-hybridized carbons (Fsp3) is 0.273. The second kappa shape index (κ2) is 5.25. The Hall–Kier alpha value is -2.12. The maximum Gasteiger partial charge on any atom is 0.417 e. The third-order valence-corrected chi connectivity index (χ3v) is 2.25. The van der Waals surface area contributed by atoms with Crippen LogP contribution >= 0.6 is 0 Å². The van der Waals surface area contributed by atoms with Crippen LogP contribution in [0.5, 0.6) is 0 Å². The highest BCUT2D eigenvalue weighted by molar-refractivity contribution is 5.97. The van der Waals surface area contributed by atoms with Crippen molar-refractivity contribution in [1.82, 2.24) is 5.32 Å². The molecule has 1 rings (SSSR count). The molecule has 19 heavy (non-hydrogen) atoms. The molecular weight excluding hydrogens is 270 g/mol. The highest BCUT2D eigenvalue weighted by Crippen LogP contribution is 2.32. The number of hydrogen-bond acceptors (Lipinski definition) is 2. The second-order valence-corrected chi connectivity index (χ2v) is 3.72. The van der Waals surface area contributed by atoms with Crippen LogP contribution in [-0.4, -0.2) is 23.0 Å². The number of halogens is 4. The van der Waals surface area contributed by atoms with Gasteiger partial charge in [-0.25, -0.2) is 4.39 Å². The standard InChI is InChI=1S/C11H9F4NO3/c1-5(10(18)19)16-9(17)7-3-2-6(12)4-8(7)11(13,14)15/h2-5H,1H3,(H,16,17)(H,18,19). The number of carbonyl (C=O) groups is 2. The number of rotatable bonds is 3. The van der Waals surface area contributed by atoms with Gasteiger partial charge >= 0.3 is 12.1 Å². The van der Waals surface area contributed by atoms with Gasteiger partial charge in [0, 0.05) is 0 Å². The molecule has 0 spiro atoms. The van der Waals surface area contributed by atoms with Gasteiger partial charge in [-0.3, -0.25) is 9.59 Å². The number of amides is 1. The molecule has 0 bridgehead atoms. The number of aliphatic carboxylic acids is 1. The molecule has 0 radical (unpaired) electrons. The summed E-state index contributed by atoms with van der Waals surface area (Å²) >= 11 is 0. The third kappa shape index (κ3) is 3.67. The predicted octanol–water partition coefficient (Wildman–Crippen LogP) is 2.05. The van der Waals surface area contributed by atoms with Crippen LogP contribution in [0.25, 0.3) is 0 Å². The van der Waals surface area contributed by atoms with E-state index < -0.39 is 41.0 Å². The number of carboxylic acids is 1. The van der Waals surface area contributed by atoms with Crippen molar-refractivity contribution in [2.75, 3.05) is 0 Å². The number of nitrogens with one attached hydrogen (secondary N) is 1. The maximum absolute atomic E-state index is 12.8. The van der Waals surface area contributed by atoms with Gasteiger partial charge in [-0.05, 0) is 25.1 Å². The van der Waals surface area contributed by atoms with Crippen LogP contribution in [-0.2, 0) is 11.0 Å². The molecule has 4 nitrogen and oxygen atoms in total. The molecule has 0 fully saturated rings. The molecule has 1 amide bonds. The minimum absolute atomic E-state index is 0.181. The lowest BCUT2D eigenvalue weighted by atomic mass is 10.1. The highest BCUT2D eigenvalue weighted by atomic mass is 19.4. The van der Waals surface area contributed by atoms with Crippen LogP contribution in [0, 0.1) is 5.82 Å². The summed E-state index contributed by atoms with van der Waals surface area (Å²) in [5.74, 6) is -3.78. The van der Waals surface area contributed by atoms with E-state index in [1.165, 1.54) is 0 Å². The van der Waals surface area contributed by atoms with Gasteiger partial charge in [0.25, 0.3) is 5.91 Å². The van der Waals surface area contributed by atoms with E-state index in [0.29, 0.717) is 12.1 Å². The van der Waals surface area contributed by atoms with Gasteiger partial charge in [-0.2, -0.15) is 13.2 Å². The first-order valence-corrected chi connectivity index (χ1v) is 5.03. The molecule has 0 aliphatic rings. The largest absolute Gasteiger partial charge is 0.480 e. The summed E-state index contributed by atoms with van der Waals surface area (Å²) in [5.41, 5.74) is -2.29. The van der Waals surface area contributed by atoms with Crippen molar-refractivity contribution in [2.45, 2.75) is 19.1 Å². The van der Waals surface area contributed by atoms with Crippen LogP contribution < -0.4 is 5.32 Å². The van der Waals surface area contributed by atoms with E-state index in [2.05, 4.69) is 0 Å². The average Bonchev–Trinajstić information content (AvgIpc) is 2.27. The minimum atomic E-state index is -4.92. The summed E-state index contributed by atoms with van der Waals surface area (Å²) in [7, 11) is 0. The van der Waals surface area contributed by atoms with E-state index >= 15 is 0 Å². The molecule has 8 heteroatoms. The zero-order chi connectivity index (χ0) is 14.8. The van der Waals surface area contributed by atoms with Crippen LogP contribution in [0.3, 0.4) is 0 Å². The second-order valence-electron chi connectivity index (χ2n) is 3.72. The quantitative estimate of drug-likeness (QED) is 0.832. The number of alkyl halides is 3. The summed E-state index contributed by atoms with van der Waals surface area (Å²) in [4.78, 5) is 22.0. The van der Waals surface area contributed by atoms with Crippen LogP contribution in [0.1, 0.15) is 22.8 Å². The SMILES string of the molecule is CC(NC(=O)c1ccc(F)cc1C(F)(F)F)C(=O)O. The lowest BCUT2D eigenvalue weighted by molar-refractivity contribution is -0.138. The van der Waals surface area contributed by atoms with Gasteiger partial charge in [0.2, 0.25) is 0 Å². The first-order valence-electron chi connectivity index (χ1n) is 5.03. The van der Waals surface area contributed by atoms with Crippen molar-refractivity contribution in [3.8, 4) is 0 Å². The molecular formula is C11H9F4NO3. The van der Waals surface area contributed by atoms with Gasteiger partial charge in [0.1, 0.15) is 11.9 Å². The van der Waals surface area contributed by atoms with E-state index in [4.69, 9.17) is 5.11 Å². The Morgan fingerprint density at radius 3 is 2.37 bits per heavy atom. The molecule has 1 atom stereocenters. The first-order chi connectivity index (χ1) is 8.62. The maximum atomic E-state index is 12.8. The Bertz CT molecular complexity index is 513. The summed E-state index contributed by atoms with van der Waals surface area (Å²) < 4.78 is 50.7. The Balaban J connectivity index is 3.13. The summed E-state index contributed by atoms with van der Waals surface area (Å²) in [6.07, 6.45) is -4.92. The van der Waals surface area contributed by atoms with E-state index in [9.17, 15) is 27.2 Å². The Morgan fingerprint density at radius 1 is 1.32 bits per heavy atom. The molecule has 0 aliphatic carbocycles. The lowest BCUT2D eigenvalue weighted by Crippen LogP contribution is -2.39. The number of carboxylic acid groups (broad SMARTS) is 1. The van der Waals surface area contributed by atoms with Crippen LogP contribution in [0.15, 0.2) is 18.2 Å². The van der Waals surface area contributed by atoms with Gasteiger partial charge in [0.05, 0.1) is 11.1 Å². The monoisotopic (exact) mass is 279 g/mol. The molecule has 2 N–H and O–H groups in total. The predicted molar refractivity (Wildman–Crippen MR) is 56.0 cm³/mol. The van der Waals surface area contributed by atoms with Crippen LogP contribution in [0.4, 0.5) is 17.6 Å². The van der Waals surface area contributed by atoms with E-state index in [1.54, 1.807) is 0 Å². The number of hydrogen-bond donors (Lipinski definition) is 2. The van der Waals surface area contributed by atoms with E-state index in [1.807, 2.05) is 5.32 Å². The third-order valence-electron chi connectivity index (χ3n) is 2.25. The molecule has 0 saturated heterocycles. The molecule has 0 aromatic heterocycles. The Kier molecular flexibility index (Phi) is 4.13. The number of carbonyl (C=O) groups excluding carboxylic acids is 1. The molecule has 0 saturated carbocycles. The lowest BCUT2D eigenvalue weighted by Gasteiger charge is -2.14. The topological polar surface area (TPSA) is 66.4 Å². The van der Waals surface area contributed by atoms with Crippen molar-refractivity contribution in [3.05, 3.63) is 35.1 Å². The summed E-state index contributed by atoms with van der Waals surface area (Å²) in [6.45, 7) is 1.09. The van der Waals surface area contributed by atoms with E-state index in [0.717, 1.165) is 6.92 Å². The van der Waals surface area contributed by atoms with Crippen molar-refractivity contribution >= 4 is 11.9 Å². The van der Waals surface area contributed by atoms with Crippen molar-refractivity contribution in [1.29, 1.82) is 0 Å². The molecule has 0 aliphatic heterocycles. The van der Waals surface area contributed by atoms with Gasteiger partial charge in [-0.1, -0.05) is 0 Å². The zero-order valence-corrected chi connectivity index (χ0v) is 9.58. The minimum Gasteiger partial charge on any atom is -0.480 e. The summed E-state index contributed by atoms with van der Waals surface area (Å²) in [5, 5.41) is 10.4. The Morgan fingerprint density at radius 2 is 1.89 bits per heavy atom. The normalized spacial score (nSPS) is 12.9. The van der Waals surface area contributed by atoms with E-state index in [-0.39, 0.29) is 6.07 Å². The van der Waals surface area contributed by atoms with Crippen LogP contribution in [0.2, 0.25) is 0 Å². The number of benzene rings is 1. The van der Waals surface area contributed by atoms with Crippen molar-refractivity contribution in [2.24, 2.45) is 0 Å². The van der Waals surface area contributed by atoms with Gasteiger partial charge in [-0.15, -0.1) is 0 Å². The summed E-state index contributed by atoms with van der Waals surface area (Å²) in [6, 6.07) is 0.163. The highest BCUT2D eigenvalue weighted by Gasteiger charge is 2.36.